The highest BCUT2D eigenvalue weighted by Gasteiger charge is 2.10. The number of hydrogen-bond acceptors (Lipinski definition) is 2. The van der Waals surface area contributed by atoms with E-state index in [9.17, 15) is 0 Å². The van der Waals surface area contributed by atoms with Gasteiger partial charge in [-0.3, -0.25) is 0 Å². The Hall–Kier alpha value is -1.64. The van der Waals surface area contributed by atoms with Crippen LogP contribution in [0.5, 0.6) is 11.5 Å². The van der Waals surface area contributed by atoms with Gasteiger partial charge in [-0.05, 0) is 24.6 Å². The lowest BCUT2D eigenvalue weighted by atomic mass is 10.1. The quantitative estimate of drug-likeness (QED) is 0.791. The summed E-state index contributed by atoms with van der Waals surface area (Å²) in [6.07, 6.45) is 1.88. The first kappa shape index (κ1) is 8.94. The lowest BCUT2D eigenvalue weighted by molar-refractivity contribution is 0.407. The second-order valence-electron chi connectivity index (χ2n) is 3.20. The van der Waals surface area contributed by atoms with Crippen LogP contribution in [0.1, 0.15) is 5.56 Å². The summed E-state index contributed by atoms with van der Waals surface area (Å²) in [7, 11) is 3.35. The predicted molar refractivity (Wildman–Crippen MR) is 56.1 cm³/mol. The summed E-state index contributed by atoms with van der Waals surface area (Å²) in [5, 5.41) is 1.05. The van der Waals surface area contributed by atoms with E-state index in [1.165, 1.54) is 0 Å². The molecule has 3 heteroatoms. The summed E-state index contributed by atoms with van der Waals surface area (Å²) in [6.45, 7) is 2.00. The number of aromatic nitrogens is 1. The van der Waals surface area contributed by atoms with E-state index in [1.54, 1.807) is 14.2 Å². The van der Waals surface area contributed by atoms with Crippen LogP contribution in [0.25, 0.3) is 10.9 Å². The number of H-pyrrole nitrogens is 1. The van der Waals surface area contributed by atoms with Crippen LogP contribution >= 0.6 is 0 Å². The van der Waals surface area contributed by atoms with Crippen LogP contribution in [0.15, 0.2) is 18.3 Å². The first-order valence-electron chi connectivity index (χ1n) is 4.46. The van der Waals surface area contributed by atoms with Gasteiger partial charge in [-0.2, -0.15) is 0 Å². The van der Waals surface area contributed by atoms with E-state index in [1.807, 2.05) is 25.3 Å². The monoisotopic (exact) mass is 191 g/mol. The molecular weight excluding hydrogens is 178 g/mol. The Kier molecular flexibility index (Phi) is 2.08. The zero-order valence-corrected chi connectivity index (χ0v) is 8.55. The van der Waals surface area contributed by atoms with Gasteiger partial charge in [-0.15, -0.1) is 0 Å². The van der Waals surface area contributed by atoms with Gasteiger partial charge < -0.3 is 14.5 Å². The van der Waals surface area contributed by atoms with E-state index in [4.69, 9.17) is 9.47 Å². The van der Waals surface area contributed by atoms with Gasteiger partial charge in [0.2, 0.25) is 0 Å². The Morgan fingerprint density at radius 2 is 2.00 bits per heavy atom. The molecule has 0 amide bonds. The average Bonchev–Trinajstić information content (AvgIpc) is 2.65. The molecule has 1 aromatic heterocycles. The number of rotatable bonds is 2. The maximum Gasteiger partial charge on any atom is 0.146 e. The highest BCUT2D eigenvalue weighted by atomic mass is 16.5. The first-order valence-corrected chi connectivity index (χ1v) is 4.46. The molecule has 0 atom stereocenters. The number of hydrogen-bond donors (Lipinski definition) is 1. The molecule has 0 saturated carbocycles. The van der Waals surface area contributed by atoms with Crippen molar-refractivity contribution in [3.05, 3.63) is 23.9 Å². The second-order valence-corrected chi connectivity index (χ2v) is 3.20. The molecule has 14 heavy (non-hydrogen) atoms. The number of fused-ring (bicyclic) bond motifs is 1. The molecule has 74 valence electrons. The molecule has 0 unspecified atom stereocenters. The van der Waals surface area contributed by atoms with Gasteiger partial charge in [-0.1, -0.05) is 0 Å². The van der Waals surface area contributed by atoms with Gasteiger partial charge in [0.05, 0.1) is 19.7 Å². The lowest BCUT2D eigenvalue weighted by Crippen LogP contribution is -1.91. The predicted octanol–water partition coefficient (Wildman–Crippen LogP) is 2.49. The van der Waals surface area contributed by atoms with Gasteiger partial charge >= 0.3 is 0 Å². The van der Waals surface area contributed by atoms with Crippen LogP contribution in [-0.2, 0) is 0 Å². The Bertz CT molecular complexity index is 460. The molecule has 2 rings (SSSR count). The SMILES string of the molecule is COc1cc(C)c(OC)c2[nH]ccc12. The molecule has 0 radical (unpaired) electrons. The third kappa shape index (κ3) is 1.13. The van der Waals surface area contributed by atoms with E-state index in [2.05, 4.69) is 4.98 Å². The number of aromatic amines is 1. The molecule has 0 aliphatic carbocycles. The molecule has 0 bridgehead atoms. The molecule has 1 aromatic carbocycles. The summed E-state index contributed by atoms with van der Waals surface area (Å²) in [5.74, 6) is 1.75. The summed E-state index contributed by atoms with van der Waals surface area (Å²) < 4.78 is 10.6. The molecule has 0 aliphatic rings. The van der Waals surface area contributed by atoms with E-state index in [0.717, 1.165) is 28.0 Å². The van der Waals surface area contributed by atoms with E-state index in [0.29, 0.717) is 0 Å². The minimum Gasteiger partial charge on any atom is -0.496 e. The maximum absolute atomic E-state index is 5.33. The normalized spacial score (nSPS) is 10.5. The Morgan fingerprint density at radius 3 is 2.64 bits per heavy atom. The molecule has 0 saturated heterocycles. The van der Waals surface area contributed by atoms with Crippen LogP contribution in [0.4, 0.5) is 0 Å². The zero-order valence-electron chi connectivity index (χ0n) is 8.55. The summed E-state index contributed by atoms with van der Waals surface area (Å²) in [6, 6.07) is 3.96. The Morgan fingerprint density at radius 1 is 1.21 bits per heavy atom. The number of benzene rings is 1. The summed E-state index contributed by atoms with van der Waals surface area (Å²) in [4.78, 5) is 3.15. The maximum atomic E-state index is 5.33. The van der Waals surface area contributed by atoms with Gasteiger partial charge in [-0.25, -0.2) is 0 Å². The topological polar surface area (TPSA) is 34.2 Å². The average molecular weight is 191 g/mol. The number of nitrogens with one attached hydrogen (secondary N) is 1. The molecule has 0 fully saturated rings. The largest absolute Gasteiger partial charge is 0.496 e. The van der Waals surface area contributed by atoms with Crippen LogP contribution in [0.2, 0.25) is 0 Å². The number of aryl methyl sites for hydroxylation is 1. The van der Waals surface area contributed by atoms with Crippen molar-refractivity contribution < 1.29 is 9.47 Å². The minimum absolute atomic E-state index is 0.875. The fourth-order valence-electron chi connectivity index (χ4n) is 1.73. The van der Waals surface area contributed by atoms with Crippen molar-refractivity contribution in [2.75, 3.05) is 14.2 Å². The molecule has 3 nitrogen and oxygen atoms in total. The molecular formula is C11H13NO2. The smallest absolute Gasteiger partial charge is 0.146 e. The third-order valence-electron chi connectivity index (χ3n) is 2.37. The van der Waals surface area contributed by atoms with Gasteiger partial charge in [0.15, 0.2) is 0 Å². The Balaban J connectivity index is 2.81. The fourth-order valence-corrected chi connectivity index (χ4v) is 1.73. The van der Waals surface area contributed by atoms with Crippen LogP contribution in [0, 0.1) is 6.92 Å². The van der Waals surface area contributed by atoms with Crippen molar-refractivity contribution in [2.45, 2.75) is 6.92 Å². The summed E-state index contributed by atoms with van der Waals surface area (Å²) >= 11 is 0. The first-order chi connectivity index (χ1) is 6.77. The molecule has 0 aliphatic heterocycles. The standard InChI is InChI=1S/C11H13NO2/c1-7-6-9(13-2)8-4-5-12-10(8)11(7)14-3/h4-6,12H,1-3H3. The van der Waals surface area contributed by atoms with Crippen molar-refractivity contribution in [1.29, 1.82) is 0 Å². The van der Waals surface area contributed by atoms with Crippen LogP contribution < -0.4 is 9.47 Å². The minimum atomic E-state index is 0.875. The summed E-state index contributed by atoms with van der Waals surface area (Å²) in [5.41, 5.74) is 2.06. The van der Waals surface area contributed by atoms with Crippen molar-refractivity contribution in [2.24, 2.45) is 0 Å². The molecule has 1 N–H and O–H groups in total. The van der Waals surface area contributed by atoms with Gasteiger partial charge in [0.1, 0.15) is 11.5 Å². The third-order valence-corrected chi connectivity index (χ3v) is 2.37. The highest BCUT2D eigenvalue weighted by Crippen LogP contribution is 2.35. The lowest BCUT2D eigenvalue weighted by Gasteiger charge is -2.09. The van der Waals surface area contributed by atoms with Crippen molar-refractivity contribution >= 4 is 10.9 Å². The van der Waals surface area contributed by atoms with Gasteiger partial charge in [0, 0.05) is 11.6 Å². The van der Waals surface area contributed by atoms with E-state index < -0.39 is 0 Å². The van der Waals surface area contributed by atoms with E-state index >= 15 is 0 Å². The second kappa shape index (κ2) is 3.25. The van der Waals surface area contributed by atoms with Crippen LogP contribution in [-0.4, -0.2) is 19.2 Å². The van der Waals surface area contributed by atoms with Crippen molar-refractivity contribution in [3.63, 3.8) is 0 Å². The van der Waals surface area contributed by atoms with Crippen molar-refractivity contribution in [1.82, 2.24) is 4.98 Å². The molecule has 1 heterocycles. The highest BCUT2D eigenvalue weighted by molar-refractivity contribution is 5.92. The van der Waals surface area contributed by atoms with Crippen molar-refractivity contribution in [3.8, 4) is 11.5 Å². The molecule has 2 aromatic rings. The number of ether oxygens (including phenoxy) is 2. The Labute approximate surface area is 82.6 Å². The van der Waals surface area contributed by atoms with Gasteiger partial charge in [0.25, 0.3) is 0 Å². The number of methoxy groups -OCH3 is 2. The van der Waals surface area contributed by atoms with Crippen LogP contribution in [0.3, 0.4) is 0 Å². The zero-order chi connectivity index (χ0) is 10.1. The molecule has 0 spiro atoms. The van der Waals surface area contributed by atoms with E-state index in [-0.39, 0.29) is 0 Å². The fraction of sp³-hybridized carbons (Fsp3) is 0.273.